The third-order valence-electron chi connectivity index (χ3n) is 4.11. The molecule has 1 amide bonds. The predicted molar refractivity (Wildman–Crippen MR) is 80.0 cm³/mol. The number of hydrogen-bond donors (Lipinski definition) is 2. The maximum Gasteiger partial charge on any atom is 0.257 e. The SMILES string of the molecule is CCN(C(=O)c1cc(Cl)ccc1O)C1CCCC1CN. The normalized spacial score (nSPS) is 21.9. The first-order valence-electron chi connectivity index (χ1n) is 7.08. The van der Waals surface area contributed by atoms with Crippen molar-refractivity contribution >= 4 is 17.5 Å². The molecular formula is C15H21ClN2O2. The van der Waals surface area contributed by atoms with Crippen molar-refractivity contribution in [1.82, 2.24) is 4.90 Å². The Kier molecular flexibility index (Phi) is 4.89. The van der Waals surface area contributed by atoms with E-state index in [-0.39, 0.29) is 23.3 Å². The smallest absolute Gasteiger partial charge is 0.257 e. The van der Waals surface area contributed by atoms with Gasteiger partial charge in [-0.3, -0.25) is 4.79 Å². The van der Waals surface area contributed by atoms with Gasteiger partial charge in [0.15, 0.2) is 0 Å². The van der Waals surface area contributed by atoms with Crippen LogP contribution in [0.2, 0.25) is 5.02 Å². The van der Waals surface area contributed by atoms with Crippen LogP contribution in [0.5, 0.6) is 5.75 Å². The van der Waals surface area contributed by atoms with Crippen molar-refractivity contribution in [3.8, 4) is 5.75 Å². The number of carbonyl (C=O) groups is 1. The average Bonchev–Trinajstić information content (AvgIpc) is 2.90. The molecule has 1 fully saturated rings. The summed E-state index contributed by atoms with van der Waals surface area (Å²) in [5, 5.41) is 10.3. The second-order valence-electron chi connectivity index (χ2n) is 5.25. The van der Waals surface area contributed by atoms with E-state index in [2.05, 4.69) is 0 Å². The summed E-state index contributed by atoms with van der Waals surface area (Å²) in [6.07, 6.45) is 3.13. The molecule has 1 aromatic carbocycles. The highest BCUT2D eigenvalue weighted by Gasteiger charge is 2.34. The van der Waals surface area contributed by atoms with Crippen LogP contribution in [-0.2, 0) is 0 Å². The van der Waals surface area contributed by atoms with Gasteiger partial charge in [-0.15, -0.1) is 0 Å². The van der Waals surface area contributed by atoms with Crippen LogP contribution < -0.4 is 5.73 Å². The number of nitrogens with zero attached hydrogens (tertiary/aromatic N) is 1. The van der Waals surface area contributed by atoms with Crippen LogP contribution in [0.25, 0.3) is 0 Å². The molecule has 0 bridgehead atoms. The van der Waals surface area contributed by atoms with Gasteiger partial charge in [0.1, 0.15) is 5.75 Å². The van der Waals surface area contributed by atoms with Crippen molar-refractivity contribution in [2.24, 2.45) is 11.7 Å². The number of halogens is 1. The van der Waals surface area contributed by atoms with Gasteiger partial charge in [0.2, 0.25) is 0 Å². The van der Waals surface area contributed by atoms with E-state index in [1.807, 2.05) is 11.8 Å². The number of benzene rings is 1. The number of rotatable bonds is 4. The molecule has 2 unspecified atom stereocenters. The standard InChI is InChI=1S/C15H21ClN2O2/c1-2-18(13-5-3-4-10(13)9-17)15(20)12-8-11(16)6-7-14(12)19/h6-8,10,13,19H,2-5,9,17H2,1H3. The molecule has 0 aromatic heterocycles. The fourth-order valence-corrected chi connectivity index (χ4v) is 3.24. The lowest BCUT2D eigenvalue weighted by atomic mass is 10.0. The van der Waals surface area contributed by atoms with Gasteiger partial charge in [0.25, 0.3) is 5.91 Å². The summed E-state index contributed by atoms with van der Waals surface area (Å²) in [4.78, 5) is 14.5. The first-order chi connectivity index (χ1) is 9.58. The molecule has 3 N–H and O–H groups in total. The highest BCUT2D eigenvalue weighted by atomic mass is 35.5. The Morgan fingerprint density at radius 3 is 2.90 bits per heavy atom. The van der Waals surface area contributed by atoms with Gasteiger partial charge in [-0.25, -0.2) is 0 Å². The first-order valence-corrected chi connectivity index (χ1v) is 7.45. The van der Waals surface area contributed by atoms with Crippen molar-refractivity contribution in [2.75, 3.05) is 13.1 Å². The van der Waals surface area contributed by atoms with E-state index in [4.69, 9.17) is 17.3 Å². The quantitative estimate of drug-likeness (QED) is 0.897. The fourth-order valence-electron chi connectivity index (χ4n) is 3.07. The summed E-state index contributed by atoms with van der Waals surface area (Å²) in [5.41, 5.74) is 6.07. The molecule has 0 aliphatic heterocycles. The molecule has 110 valence electrons. The highest BCUT2D eigenvalue weighted by molar-refractivity contribution is 6.31. The lowest BCUT2D eigenvalue weighted by Crippen LogP contribution is -2.44. The minimum Gasteiger partial charge on any atom is -0.507 e. The lowest BCUT2D eigenvalue weighted by Gasteiger charge is -2.32. The maximum absolute atomic E-state index is 12.7. The topological polar surface area (TPSA) is 66.6 Å². The summed E-state index contributed by atoms with van der Waals surface area (Å²) in [6, 6.07) is 4.71. The summed E-state index contributed by atoms with van der Waals surface area (Å²) in [5.74, 6) is 0.151. The van der Waals surface area contributed by atoms with E-state index in [9.17, 15) is 9.90 Å². The summed E-state index contributed by atoms with van der Waals surface area (Å²) in [7, 11) is 0. The van der Waals surface area contributed by atoms with E-state index in [1.165, 1.54) is 12.1 Å². The number of aromatic hydroxyl groups is 1. The first kappa shape index (κ1) is 15.1. The zero-order valence-corrected chi connectivity index (χ0v) is 12.4. The highest BCUT2D eigenvalue weighted by Crippen LogP contribution is 2.31. The van der Waals surface area contributed by atoms with Gasteiger partial charge in [-0.1, -0.05) is 18.0 Å². The van der Waals surface area contributed by atoms with Crippen molar-refractivity contribution in [2.45, 2.75) is 32.2 Å². The molecule has 1 aromatic rings. The maximum atomic E-state index is 12.7. The van der Waals surface area contributed by atoms with E-state index in [1.54, 1.807) is 6.07 Å². The van der Waals surface area contributed by atoms with E-state index >= 15 is 0 Å². The number of phenols is 1. The van der Waals surface area contributed by atoms with Crippen LogP contribution in [0.1, 0.15) is 36.5 Å². The van der Waals surface area contributed by atoms with Crippen LogP contribution in [-0.4, -0.2) is 35.0 Å². The molecule has 5 heteroatoms. The number of nitrogens with two attached hydrogens (primary N) is 1. The fraction of sp³-hybridized carbons (Fsp3) is 0.533. The molecule has 2 atom stereocenters. The van der Waals surface area contributed by atoms with E-state index < -0.39 is 0 Å². The minimum absolute atomic E-state index is 0.0276. The Labute approximate surface area is 124 Å². The second-order valence-corrected chi connectivity index (χ2v) is 5.68. The molecule has 0 saturated heterocycles. The Balaban J connectivity index is 2.27. The Morgan fingerprint density at radius 2 is 2.25 bits per heavy atom. The van der Waals surface area contributed by atoms with Crippen LogP contribution in [0.4, 0.5) is 0 Å². The monoisotopic (exact) mass is 296 g/mol. The van der Waals surface area contributed by atoms with Crippen molar-refractivity contribution in [1.29, 1.82) is 0 Å². The molecule has 0 radical (unpaired) electrons. The summed E-state index contributed by atoms with van der Waals surface area (Å²) < 4.78 is 0. The molecule has 1 saturated carbocycles. The van der Waals surface area contributed by atoms with Crippen molar-refractivity contribution < 1.29 is 9.90 Å². The van der Waals surface area contributed by atoms with E-state index in [0.717, 1.165) is 19.3 Å². The Bertz CT molecular complexity index is 493. The number of carbonyl (C=O) groups excluding carboxylic acids is 1. The molecule has 4 nitrogen and oxygen atoms in total. The predicted octanol–water partition coefficient (Wildman–Crippen LogP) is 2.64. The summed E-state index contributed by atoms with van der Waals surface area (Å²) in [6.45, 7) is 3.15. The van der Waals surface area contributed by atoms with Gasteiger partial charge in [0.05, 0.1) is 5.56 Å². The van der Waals surface area contributed by atoms with Gasteiger partial charge in [-0.2, -0.15) is 0 Å². The van der Waals surface area contributed by atoms with E-state index in [0.29, 0.717) is 24.0 Å². The van der Waals surface area contributed by atoms with Crippen LogP contribution >= 0.6 is 11.6 Å². The van der Waals surface area contributed by atoms with Crippen LogP contribution in [0.15, 0.2) is 18.2 Å². The number of phenolic OH excluding ortho intramolecular Hbond substituents is 1. The second kappa shape index (κ2) is 6.46. The van der Waals surface area contributed by atoms with Gasteiger partial charge in [-0.05, 0) is 50.4 Å². The number of hydrogen-bond acceptors (Lipinski definition) is 3. The van der Waals surface area contributed by atoms with Crippen LogP contribution in [0, 0.1) is 5.92 Å². The lowest BCUT2D eigenvalue weighted by molar-refractivity contribution is 0.0649. The minimum atomic E-state index is -0.169. The molecule has 1 aliphatic carbocycles. The van der Waals surface area contributed by atoms with Gasteiger partial charge >= 0.3 is 0 Å². The zero-order chi connectivity index (χ0) is 14.7. The third-order valence-corrected chi connectivity index (χ3v) is 4.35. The summed E-state index contributed by atoms with van der Waals surface area (Å²) >= 11 is 5.92. The van der Waals surface area contributed by atoms with Crippen LogP contribution in [0.3, 0.4) is 0 Å². The largest absolute Gasteiger partial charge is 0.507 e. The molecule has 2 rings (SSSR count). The molecule has 0 heterocycles. The Hall–Kier alpha value is -1.26. The number of amides is 1. The molecule has 1 aliphatic rings. The van der Waals surface area contributed by atoms with Crippen molar-refractivity contribution in [3.05, 3.63) is 28.8 Å². The molecular weight excluding hydrogens is 276 g/mol. The zero-order valence-electron chi connectivity index (χ0n) is 11.7. The average molecular weight is 297 g/mol. The van der Waals surface area contributed by atoms with Crippen molar-refractivity contribution in [3.63, 3.8) is 0 Å². The molecule has 0 spiro atoms. The molecule has 20 heavy (non-hydrogen) atoms. The third kappa shape index (κ3) is 2.91. The van der Waals surface area contributed by atoms with Gasteiger partial charge in [0, 0.05) is 17.6 Å². The Morgan fingerprint density at radius 1 is 1.50 bits per heavy atom. The van der Waals surface area contributed by atoms with Gasteiger partial charge < -0.3 is 15.7 Å².